The van der Waals surface area contributed by atoms with Gasteiger partial charge in [-0.2, -0.15) is 0 Å². The van der Waals surface area contributed by atoms with Gasteiger partial charge >= 0.3 is 0 Å². The molecule has 0 fully saturated rings. The number of aromatic nitrogens is 2. The van der Waals surface area contributed by atoms with Crippen molar-refractivity contribution in [1.29, 1.82) is 0 Å². The Labute approximate surface area is 135 Å². The van der Waals surface area contributed by atoms with Crippen LogP contribution in [0.15, 0.2) is 59.8 Å². The average Bonchev–Trinajstić information content (AvgIpc) is 2.56. The molecule has 0 saturated carbocycles. The van der Waals surface area contributed by atoms with Crippen LogP contribution in [0.4, 0.5) is 5.82 Å². The zero-order valence-corrected chi connectivity index (χ0v) is 13.6. The zero-order chi connectivity index (χ0) is 15.4. The minimum Gasteiger partial charge on any atom is -0.363 e. The zero-order valence-electron chi connectivity index (χ0n) is 12.8. The molecule has 0 amide bonds. The molecule has 2 aromatic carbocycles. The number of nitrogens with zero attached hydrogens (tertiary/aromatic N) is 2. The number of hydrogen-bond donors (Lipinski definition) is 1. The van der Waals surface area contributed by atoms with Gasteiger partial charge in [-0.25, -0.2) is 9.97 Å². The Bertz CT molecular complexity index is 759. The summed E-state index contributed by atoms with van der Waals surface area (Å²) in [4.78, 5) is 9.31. The van der Waals surface area contributed by atoms with Gasteiger partial charge in [0.1, 0.15) is 5.82 Å². The van der Waals surface area contributed by atoms with E-state index in [1.807, 2.05) is 24.3 Å². The van der Waals surface area contributed by atoms with E-state index >= 15 is 0 Å². The lowest BCUT2D eigenvalue weighted by molar-refractivity contribution is 0.864. The largest absolute Gasteiger partial charge is 0.363 e. The molecule has 4 heteroatoms. The molecule has 0 spiro atoms. The molecule has 0 bridgehead atoms. The summed E-state index contributed by atoms with van der Waals surface area (Å²) in [6.45, 7) is 4.27. The highest BCUT2D eigenvalue weighted by molar-refractivity contribution is 7.99. The van der Waals surface area contributed by atoms with Crippen LogP contribution in [0.25, 0.3) is 10.9 Å². The highest BCUT2D eigenvalue weighted by atomic mass is 32.2. The van der Waals surface area contributed by atoms with Crippen molar-refractivity contribution in [3.05, 3.63) is 60.2 Å². The molecule has 0 aliphatic rings. The maximum absolute atomic E-state index is 4.70. The molecule has 3 rings (SSSR count). The summed E-state index contributed by atoms with van der Waals surface area (Å²) in [6.07, 6.45) is 0. The highest BCUT2D eigenvalue weighted by Crippen LogP contribution is 2.27. The summed E-state index contributed by atoms with van der Waals surface area (Å²) in [5.74, 6) is 1.87. The molecule has 0 aliphatic heterocycles. The monoisotopic (exact) mass is 309 g/mol. The van der Waals surface area contributed by atoms with Crippen molar-refractivity contribution in [3.8, 4) is 0 Å². The van der Waals surface area contributed by atoms with Crippen LogP contribution in [-0.2, 0) is 0 Å². The molecule has 1 atom stereocenters. The Morgan fingerprint density at radius 1 is 1.00 bits per heavy atom. The third-order valence-electron chi connectivity index (χ3n) is 3.51. The minimum absolute atomic E-state index is 0.194. The van der Waals surface area contributed by atoms with E-state index in [0.29, 0.717) is 0 Å². The van der Waals surface area contributed by atoms with E-state index in [1.165, 1.54) is 5.56 Å². The van der Waals surface area contributed by atoms with Gasteiger partial charge in [0.05, 0.1) is 5.52 Å². The maximum Gasteiger partial charge on any atom is 0.190 e. The van der Waals surface area contributed by atoms with Gasteiger partial charge < -0.3 is 5.32 Å². The average molecular weight is 309 g/mol. The van der Waals surface area contributed by atoms with Crippen LogP contribution in [0.2, 0.25) is 0 Å². The maximum atomic E-state index is 4.70. The number of nitrogens with one attached hydrogen (secondary N) is 1. The molecule has 3 nitrogen and oxygen atoms in total. The SMILES string of the molecule is CCSc1nc(NC(C)c2ccccc2)c2ccccc2n1. The van der Waals surface area contributed by atoms with Crippen LogP contribution in [0.3, 0.4) is 0 Å². The number of rotatable bonds is 5. The quantitative estimate of drug-likeness (QED) is 0.536. The predicted octanol–water partition coefficient (Wildman–Crippen LogP) is 4.91. The van der Waals surface area contributed by atoms with Crippen molar-refractivity contribution in [2.24, 2.45) is 0 Å². The Kier molecular flexibility index (Phi) is 4.59. The molecule has 1 unspecified atom stereocenters. The van der Waals surface area contributed by atoms with Crippen molar-refractivity contribution in [2.45, 2.75) is 25.0 Å². The van der Waals surface area contributed by atoms with Gasteiger partial charge in [0.2, 0.25) is 0 Å². The Balaban J connectivity index is 1.98. The fourth-order valence-electron chi connectivity index (χ4n) is 2.39. The second kappa shape index (κ2) is 6.79. The van der Waals surface area contributed by atoms with Crippen LogP contribution < -0.4 is 5.32 Å². The van der Waals surface area contributed by atoms with E-state index in [4.69, 9.17) is 4.98 Å². The molecule has 1 aromatic heterocycles. The van der Waals surface area contributed by atoms with Crippen molar-refractivity contribution in [2.75, 3.05) is 11.1 Å². The van der Waals surface area contributed by atoms with Crippen molar-refractivity contribution < 1.29 is 0 Å². The molecular formula is C18H19N3S. The first-order valence-corrected chi connectivity index (χ1v) is 8.47. The molecule has 112 valence electrons. The lowest BCUT2D eigenvalue weighted by atomic mass is 10.1. The van der Waals surface area contributed by atoms with Crippen LogP contribution in [0, 0.1) is 0 Å². The van der Waals surface area contributed by atoms with Gasteiger partial charge in [-0.1, -0.05) is 61.2 Å². The van der Waals surface area contributed by atoms with Gasteiger partial charge in [0.25, 0.3) is 0 Å². The van der Waals surface area contributed by atoms with Crippen LogP contribution in [0.5, 0.6) is 0 Å². The third-order valence-corrected chi connectivity index (χ3v) is 4.24. The first-order chi connectivity index (χ1) is 10.8. The third kappa shape index (κ3) is 3.22. The Hall–Kier alpha value is -2.07. The molecule has 0 saturated heterocycles. The summed E-state index contributed by atoms with van der Waals surface area (Å²) in [6, 6.07) is 18.7. The molecule has 0 radical (unpaired) electrons. The molecular weight excluding hydrogens is 290 g/mol. The number of benzene rings is 2. The highest BCUT2D eigenvalue weighted by Gasteiger charge is 2.11. The number of thioether (sulfide) groups is 1. The molecule has 1 heterocycles. The second-order valence-corrected chi connectivity index (χ2v) is 6.31. The van der Waals surface area contributed by atoms with E-state index in [0.717, 1.165) is 27.6 Å². The van der Waals surface area contributed by atoms with Crippen molar-refractivity contribution in [1.82, 2.24) is 9.97 Å². The number of anilines is 1. The van der Waals surface area contributed by atoms with Crippen LogP contribution in [-0.4, -0.2) is 15.7 Å². The van der Waals surface area contributed by atoms with Crippen molar-refractivity contribution >= 4 is 28.5 Å². The fraction of sp³-hybridized carbons (Fsp3) is 0.222. The first-order valence-electron chi connectivity index (χ1n) is 7.49. The fourth-order valence-corrected chi connectivity index (χ4v) is 2.97. The van der Waals surface area contributed by atoms with Gasteiger partial charge in [-0.3, -0.25) is 0 Å². The summed E-state index contributed by atoms with van der Waals surface area (Å²) in [5, 5.41) is 5.42. The van der Waals surface area contributed by atoms with Crippen molar-refractivity contribution in [3.63, 3.8) is 0 Å². The number of para-hydroxylation sites is 1. The summed E-state index contributed by atoms with van der Waals surface area (Å²) >= 11 is 1.66. The van der Waals surface area contributed by atoms with Gasteiger partial charge in [-0.05, 0) is 30.4 Å². The molecule has 1 N–H and O–H groups in total. The van der Waals surface area contributed by atoms with E-state index in [9.17, 15) is 0 Å². The van der Waals surface area contributed by atoms with Crippen LogP contribution in [0.1, 0.15) is 25.5 Å². The van der Waals surface area contributed by atoms with Gasteiger partial charge in [-0.15, -0.1) is 0 Å². The predicted molar refractivity (Wildman–Crippen MR) is 94.4 cm³/mol. The summed E-state index contributed by atoms with van der Waals surface area (Å²) in [5.41, 5.74) is 2.23. The number of hydrogen-bond acceptors (Lipinski definition) is 4. The lowest BCUT2D eigenvalue weighted by Crippen LogP contribution is -2.09. The van der Waals surface area contributed by atoms with Gasteiger partial charge in [0.15, 0.2) is 5.16 Å². The van der Waals surface area contributed by atoms with E-state index in [2.05, 4.69) is 54.5 Å². The van der Waals surface area contributed by atoms with E-state index < -0.39 is 0 Å². The molecule has 3 aromatic rings. The normalized spacial score (nSPS) is 12.3. The van der Waals surface area contributed by atoms with Gasteiger partial charge in [0, 0.05) is 11.4 Å². The molecule has 22 heavy (non-hydrogen) atoms. The minimum atomic E-state index is 0.194. The van der Waals surface area contributed by atoms with E-state index in [-0.39, 0.29) is 6.04 Å². The Morgan fingerprint density at radius 2 is 1.73 bits per heavy atom. The second-order valence-electron chi connectivity index (χ2n) is 5.08. The Morgan fingerprint density at radius 3 is 2.50 bits per heavy atom. The summed E-state index contributed by atoms with van der Waals surface area (Å²) in [7, 11) is 0. The first kappa shape index (κ1) is 14.9. The van der Waals surface area contributed by atoms with Crippen LogP contribution >= 0.6 is 11.8 Å². The topological polar surface area (TPSA) is 37.8 Å². The lowest BCUT2D eigenvalue weighted by Gasteiger charge is -2.17. The summed E-state index contributed by atoms with van der Waals surface area (Å²) < 4.78 is 0. The smallest absolute Gasteiger partial charge is 0.190 e. The number of fused-ring (bicyclic) bond motifs is 1. The van der Waals surface area contributed by atoms with E-state index in [1.54, 1.807) is 11.8 Å². The molecule has 0 aliphatic carbocycles. The standard InChI is InChI=1S/C18H19N3S/c1-3-22-18-20-16-12-8-7-11-15(16)17(21-18)19-13(2)14-9-5-4-6-10-14/h4-13H,3H2,1-2H3,(H,19,20,21).